The third kappa shape index (κ3) is 2.47. The Balaban J connectivity index is 2.22. The number of sulfonamides is 1. The number of hydrogen-bond acceptors (Lipinski definition) is 4. The monoisotopic (exact) mass is 346 g/mol. The lowest BCUT2D eigenvalue weighted by Gasteiger charge is -2.28. The maximum absolute atomic E-state index is 14.3. The third-order valence-electron chi connectivity index (χ3n) is 4.03. The van der Waals surface area contributed by atoms with Crippen LogP contribution in [-0.4, -0.2) is 30.9 Å². The van der Waals surface area contributed by atoms with E-state index in [0.29, 0.717) is 11.3 Å². The first-order chi connectivity index (χ1) is 11.4. The molecule has 24 heavy (non-hydrogen) atoms. The highest BCUT2D eigenvalue weighted by atomic mass is 32.2. The van der Waals surface area contributed by atoms with E-state index in [1.54, 1.807) is 30.3 Å². The lowest BCUT2D eigenvalue weighted by Crippen LogP contribution is -2.41. The molecule has 1 atom stereocenters. The van der Waals surface area contributed by atoms with Crippen LogP contribution in [0.5, 0.6) is 0 Å². The molecule has 0 saturated heterocycles. The van der Waals surface area contributed by atoms with E-state index in [-0.39, 0.29) is 17.0 Å². The fourth-order valence-electron chi connectivity index (χ4n) is 2.74. The second-order valence-corrected chi connectivity index (χ2v) is 7.75. The number of quaternary nitrogens is 1. The quantitative estimate of drug-likeness (QED) is 0.862. The van der Waals surface area contributed by atoms with Crippen molar-refractivity contribution in [1.29, 1.82) is 0 Å². The minimum absolute atomic E-state index is 0.0595. The van der Waals surface area contributed by atoms with E-state index in [9.17, 15) is 12.8 Å². The summed E-state index contributed by atoms with van der Waals surface area (Å²) in [5.74, 6) is -0.485. The summed E-state index contributed by atoms with van der Waals surface area (Å²) in [4.78, 5) is 3.94. The van der Waals surface area contributed by atoms with Crippen molar-refractivity contribution in [2.75, 3.05) is 13.6 Å². The average molecular weight is 346 g/mol. The number of halogens is 1. The van der Waals surface area contributed by atoms with Crippen LogP contribution in [0.1, 0.15) is 5.56 Å². The van der Waals surface area contributed by atoms with Gasteiger partial charge in [-0.2, -0.15) is 12.3 Å². The van der Waals surface area contributed by atoms with Crippen LogP contribution in [0.3, 0.4) is 0 Å². The second kappa shape index (κ2) is 5.94. The van der Waals surface area contributed by atoms with E-state index < -0.39 is 19.7 Å². The van der Waals surface area contributed by atoms with Crippen LogP contribution in [-0.2, 0) is 10.0 Å². The van der Waals surface area contributed by atoms with Gasteiger partial charge in [0.05, 0.1) is 18.8 Å². The van der Waals surface area contributed by atoms with Crippen molar-refractivity contribution < 1.29 is 16.7 Å². The largest absolute Gasteiger partial charge is 0.337 e. The van der Waals surface area contributed by atoms with Gasteiger partial charge in [0, 0.05) is 24.4 Å². The number of rotatable bonds is 4. The van der Waals surface area contributed by atoms with Gasteiger partial charge in [-0.05, 0) is 24.3 Å². The highest BCUT2D eigenvalue weighted by Gasteiger charge is 2.46. The molecule has 5 nitrogen and oxygen atoms in total. The molecule has 0 saturated carbocycles. The molecule has 1 aliphatic rings. The zero-order valence-electron chi connectivity index (χ0n) is 13.1. The van der Waals surface area contributed by atoms with Gasteiger partial charge in [-0.15, -0.1) is 0 Å². The Morgan fingerprint density at radius 3 is 2.58 bits per heavy atom. The number of nitrogens with zero attached hydrogens (tertiary/aromatic N) is 2. The molecule has 0 aliphatic carbocycles. The van der Waals surface area contributed by atoms with Crippen molar-refractivity contribution in [2.24, 2.45) is 5.73 Å². The van der Waals surface area contributed by atoms with Gasteiger partial charge < -0.3 is 5.73 Å². The molecule has 1 aromatic carbocycles. The molecule has 1 unspecified atom stereocenters. The summed E-state index contributed by atoms with van der Waals surface area (Å²) < 4.78 is 40.1. The molecule has 2 heterocycles. The molecule has 7 heteroatoms. The standard InChI is InChI=1S/C17H17FN3O2S/c1-21(24(22,23)14-5-4-8-20-11-14)12-13(10-19)9-17(21)15-6-2-3-7-16(15)18/h2-9,11-12H,10,19H2,1H3/q+1. The summed E-state index contributed by atoms with van der Waals surface area (Å²) in [6, 6.07) is 9.11. The van der Waals surface area contributed by atoms with Gasteiger partial charge in [0.2, 0.25) is 0 Å². The Labute approximate surface area is 140 Å². The van der Waals surface area contributed by atoms with Crippen molar-refractivity contribution in [3.8, 4) is 0 Å². The van der Waals surface area contributed by atoms with E-state index in [0.717, 1.165) is 0 Å². The lowest BCUT2D eigenvalue weighted by molar-refractivity contribution is -0.642. The fourth-order valence-corrected chi connectivity index (χ4v) is 4.31. The van der Waals surface area contributed by atoms with Crippen molar-refractivity contribution in [2.45, 2.75) is 4.90 Å². The Bertz CT molecular complexity index is 939. The summed E-state index contributed by atoms with van der Waals surface area (Å²) in [7, 11) is -2.38. The van der Waals surface area contributed by atoms with E-state index in [4.69, 9.17) is 5.73 Å². The molecule has 0 amide bonds. The zero-order chi connectivity index (χ0) is 17.4. The Morgan fingerprint density at radius 2 is 1.96 bits per heavy atom. The van der Waals surface area contributed by atoms with Gasteiger partial charge in [0.15, 0.2) is 5.70 Å². The maximum Gasteiger partial charge on any atom is 0.337 e. The van der Waals surface area contributed by atoms with E-state index >= 15 is 0 Å². The molecule has 0 radical (unpaired) electrons. The van der Waals surface area contributed by atoms with Gasteiger partial charge in [0.1, 0.15) is 16.9 Å². The number of benzene rings is 1. The van der Waals surface area contributed by atoms with Crippen LogP contribution in [0.4, 0.5) is 4.39 Å². The molecule has 1 aliphatic heterocycles. The number of pyridine rings is 1. The molecule has 1 aromatic heterocycles. The van der Waals surface area contributed by atoms with Crippen LogP contribution in [0.25, 0.3) is 5.70 Å². The van der Waals surface area contributed by atoms with Gasteiger partial charge in [-0.3, -0.25) is 4.98 Å². The Kier molecular flexibility index (Phi) is 4.08. The summed E-state index contributed by atoms with van der Waals surface area (Å²) >= 11 is 0. The van der Waals surface area contributed by atoms with Crippen molar-refractivity contribution in [3.63, 3.8) is 0 Å². The fraction of sp³-hybridized carbons (Fsp3) is 0.118. The van der Waals surface area contributed by atoms with Crippen molar-refractivity contribution >= 4 is 15.7 Å². The Hall–Kier alpha value is -2.35. The first kappa shape index (κ1) is 16.5. The molecule has 0 fully saturated rings. The average Bonchev–Trinajstić information content (AvgIpc) is 2.95. The van der Waals surface area contributed by atoms with Crippen LogP contribution in [0.2, 0.25) is 0 Å². The molecule has 2 N–H and O–H groups in total. The Morgan fingerprint density at radius 1 is 1.21 bits per heavy atom. The second-order valence-electron chi connectivity index (χ2n) is 5.57. The molecular formula is C17H17FN3O2S+. The van der Waals surface area contributed by atoms with E-state index in [1.807, 2.05) is 0 Å². The summed E-state index contributed by atoms with van der Waals surface area (Å²) in [6.07, 6.45) is 5.94. The van der Waals surface area contributed by atoms with Crippen molar-refractivity contribution in [1.82, 2.24) is 4.98 Å². The summed E-state index contributed by atoms with van der Waals surface area (Å²) in [5, 5.41) is 0. The molecular weight excluding hydrogens is 329 g/mol. The van der Waals surface area contributed by atoms with E-state index in [2.05, 4.69) is 4.98 Å². The molecule has 124 valence electrons. The minimum atomic E-state index is -3.89. The first-order valence-corrected chi connectivity index (χ1v) is 8.74. The normalized spacial score (nSPS) is 20.6. The van der Waals surface area contributed by atoms with Crippen LogP contribution < -0.4 is 5.73 Å². The van der Waals surface area contributed by atoms with Gasteiger partial charge >= 0.3 is 10.0 Å². The highest BCUT2D eigenvalue weighted by Crippen LogP contribution is 2.40. The topological polar surface area (TPSA) is 73.0 Å². The summed E-state index contributed by atoms with van der Waals surface area (Å²) in [6.45, 7) is 0.161. The van der Waals surface area contributed by atoms with Crippen LogP contribution >= 0.6 is 0 Å². The van der Waals surface area contributed by atoms with Crippen molar-refractivity contribution in [3.05, 3.63) is 78.0 Å². The first-order valence-electron chi connectivity index (χ1n) is 7.30. The number of hydrogen-bond donors (Lipinski definition) is 1. The van der Waals surface area contributed by atoms with Crippen LogP contribution in [0.15, 0.2) is 71.5 Å². The van der Waals surface area contributed by atoms with E-state index in [1.165, 1.54) is 37.8 Å². The number of aromatic nitrogens is 1. The predicted molar refractivity (Wildman–Crippen MR) is 89.1 cm³/mol. The zero-order valence-corrected chi connectivity index (χ0v) is 13.9. The summed E-state index contributed by atoms with van der Waals surface area (Å²) in [5.41, 5.74) is 6.87. The predicted octanol–water partition coefficient (Wildman–Crippen LogP) is 2.25. The smallest absolute Gasteiger partial charge is 0.326 e. The molecule has 0 bridgehead atoms. The molecule has 2 aromatic rings. The molecule has 0 spiro atoms. The molecule has 3 rings (SSSR count). The lowest BCUT2D eigenvalue weighted by atomic mass is 10.1. The third-order valence-corrected chi connectivity index (χ3v) is 6.17. The van der Waals surface area contributed by atoms with Gasteiger partial charge in [-0.1, -0.05) is 12.1 Å². The maximum atomic E-state index is 14.3. The van der Waals surface area contributed by atoms with Gasteiger partial charge in [-0.25, -0.2) is 4.39 Å². The minimum Gasteiger partial charge on any atom is -0.326 e. The highest BCUT2D eigenvalue weighted by molar-refractivity contribution is 7.86. The van der Waals surface area contributed by atoms with Crippen LogP contribution in [0, 0.1) is 5.82 Å². The SMILES string of the molecule is C[N+]1(S(=O)(=O)c2cccnc2)C=C(CN)C=C1c1ccccc1F. The van der Waals surface area contributed by atoms with Gasteiger partial charge in [0.25, 0.3) is 0 Å². The number of nitrogens with two attached hydrogens (primary N) is 1.